The molecule has 2 aliphatic carbocycles. The van der Waals surface area contributed by atoms with Crippen LogP contribution in [0.25, 0.3) is 0 Å². The molecule has 1 heterocycles. The summed E-state index contributed by atoms with van der Waals surface area (Å²) in [5.41, 5.74) is 0. The molecule has 3 rings (SSSR count). The lowest BCUT2D eigenvalue weighted by Crippen LogP contribution is -2.25. The minimum absolute atomic E-state index is 0.877. The molecule has 0 spiro atoms. The van der Waals surface area contributed by atoms with Crippen molar-refractivity contribution in [2.45, 2.75) is 32.2 Å². The van der Waals surface area contributed by atoms with Gasteiger partial charge in [-0.25, -0.2) is 0 Å². The summed E-state index contributed by atoms with van der Waals surface area (Å²) in [5, 5.41) is 6.48. The van der Waals surface area contributed by atoms with Crippen molar-refractivity contribution in [2.24, 2.45) is 17.8 Å². The largest absolute Gasteiger partial charge is 0.312 e. The van der Waals surface area contributed by atoms with Gasteiger partial charge in [-0.2, -0.15) is 0 Å². The molecule has 2 bridgehead atoms. The van der Waals surface area contributed by atoms with Gasteiger partial charge < -0.3 is 5.32 Å². The van der Waals surface area contributed by atoms with E-state index in [0.717, 1.165) is 29.3 Å². The van der Waals surface area contributed by atoms with Gasteiger partial charge in [0.15, 0.2) is 0 Å². The summed E-state index contributed by atoms with van der Waals surface area (Å²) < 4.78 is 0. The Morgan fingerprint density at radius 3 is 2.94 bits per heavy atom. The minimum Gasteiger partial charge on any atom is -0.312 e. The molecule has 2 fully saturated rings. The van der Waals surface area contributed by atoms with E-state index < -0.39 is 0 Å². The molecule has 0 amide bonds. The number of thiophene rings is 1. The highest BCUT2D eigenvalue weighted by atomic mass is 35.5. The first-order valence-electron chi connectivity index (χ1n) is 6.25. The van der Waals surface area contributed by atoms with Crippen molar-refractivity contribution < 1.29 is 0 Å². The van der Waals surface area contributed by atoms with Gasteiger partial charge in [0.25, 0.3) is 0 Å². The second-order valence-corrected chi connectivity index (χ2v) is 6.73. The van der Waals surface area contributed by atoms with Gasteiger partial charge in [-0.05, 0) is 49.6 Å². The molecule has 0 aliphatic heterocycles. The smallest absolute Gasteiger partial charge is 0.0516 e. The summed E-state index contributed by atoms with van der Waals surface area (Å²) >= 11 is 7.65. The quantitative estimate of drug-likeness (QED) is 0.860. The molecule has 2 aliphatic rings. The van der Waals surface area contributed by atoms with E-state index in [9.17, 15) is 0 Å². The molecule has 3 heteroatoms. The van der Waals surface area contributed by atoms with Gasteiger partial charge in [0.1, 0.15) is 0 Å². The van der Waals surface area contributed by atoms with Gasteiger partial charge in [0.05, 0.1) is 5.02 Å². The number of fused-ring (bicyclic) bond motifs is 2. The Hall–Kier alpha value is -0.0500. The molecule has 1 aromatic heterocycles. The lowest BCUT2D eigenvalue weighted by molar-refractivity contribution is 0.319. The molecular formula is C13H18ClNS. The fraction of sp³-hybridized carbons (Fsp3) is 0.692. The molecule has 0 aromatic carbocycles. The van der Waals surface area contributed by atoms with Crippen LogP contribution in [0.5, 0.6) is 0 Å². The van der Waals surface area contributed by atoms with E-state index >= 15 is 0 Å². The zero-order valence-corrected chi connectivity index (χ0v) is 11.0. The van der Waals surface area contributed by atoms with E-state index in [4.69, 9.17) is 11.6 Å². The van der Waals surface area contributed by atoms with Gasteiger partial charge in [0.2, 0.25) is 0 Å². The Balaban J connectivity index is 1.44. The number of hydrogen-bond donors (Lipinski definition) is 1. The van der Waals surface area contributed by atoms with Crippen molar-refractivity contribution >= 4 is 22.9 Å². The lowest BCUT2D eigenvalue weighted by Gasteiger charge is -2.21. The van der Waals surface area contributed by atoms with Crippen molar-refractivity contribution in [1.82, 2.24) is 5.32 Å². The Kier molecular flexibility index (Phi) is 3.23. The number of halogens is 1. The van der Waals surface area contributed by atoms with Crippen molar-refractivity contribution in [3.8, 4) is 0 Å². The van der Waals surface area contributed by atoms with E-state index in [1.807, 2.05) is 5.38 Å². The first kappa shape index (κ1) is 11.1. The second kappa shape index (κ2) is 4.67. The van der Waals surface area contributed by atoms with Crippen LogP contribution in [0, 0.1) is 17.8 Å². The molecule has 88 valence electrons. The summed E-state index contributed by atoms with van der Waals surface area (Å²) in [7, 11) is 0. The standard InChI is InChI=1S/C13H18ClNS/c14-12-5-13(16-8-12)7-15-6-11-4-9-1-2-10(11)3-9/h5,8-11,15H,1-4,6-7H2. The van der Waals surface area contributed by atoms with Crippen molar-refractivity contribution in [3.05, 3.63) is 21.3 Å². The van der Waals surface area contributed by atoms with Gasteiger partial charge in [-0.1, -0.05) is 18.0 Å². The number of rotatable bonds is 4. The highest BCUT2D eigenvalue weighted by Crippen LogP contribution is 2.47. The first-order chi connectivity index (χ1) is 7.81. The lowest BCUT2D eigenvalue weighted by atomic mass is 9.89. The van der Waals surface area contributed by atoms with E-state index in [2.05, 4.69) is 11.4 Å². The molecule has 1 N–H and O–H groups in total. The van der Waals surface area contributed by atoms with E-state index in [1.54, 1.807) is 11.3 Å². The summed E-state index contributed by atoms with van der Waals surface area (Å²) in [6.07, 6.45) is 5.98. The van der Waals surface area contributed by atoms with Gasteiger partial charge in [-0.3, -0.25) is 0 Å². The van der Waals surface area contributed by atoms with Crippen LogP contribution < -0.4 is 5.32 Å². The average Bonchev–Trinajstić information content (AvgIpc) is 2.94. The molecule has 2 saturated carbocycles. The van der Waals surface area contributed by atoms with Gasteiger partial charge >= 0.3 is 0 Å². The molecular weight excluding hydrogens is 238 g/mol. The second-order valence-electron chi connectivity index (χ2n) is 5.30. The van der Waals surface area contributed by atoms with Crippen LogP contribution >= 0.6 is 22.9 Å². The summed E-state index contributed by atoms with van der Waals surface area (Å²) in [5.74, 6) is 3.05. The van der Waals surface area contributed by atoms with Crippen LogP contribution in [0.3, 0.4) is 0 Å². The zero-order chi connectivity index (χ0) is 11.0. The van der Waals surface area contributed by atoms with Crippen molar-refractivity contribution in [2.75, 3.05) is 6.54 Å². The van der Waals surface area contributed by atoms with E-state index in [-0.39, 0.29) is 0 Å². The van der Waals surface area contributed by atoms with Crippen molar-refractivity contribution in [3.63, 3.8) is 0 Å². The Labute approximate surface area is 106 Å². The zero-order valence-electron chi connectivity index (χ0n) is 9.42. The van der Waals surface area contributed by atoms with Crippen LogP contribution in [0.2, 0.25) is 5.02 Å². The molecule has 3 unspecified atom stereocenters. The molecule has 0 saturated heterocycles. The summed E-state index contributed by atoms with van der Waals surface area (Å²) in [6.45, 7) is 2.20. The predicted octanol–water partition coefficient (Wildman–Crippen LogP) is 3.93. The molecule has 16 heavy (non-hydrogen) atoms. The monoisotopic (exact) mass is 255 g/mol. The topological polar surface area (TPSA) is 12.0 Å². The molecule has 1 nitrogen and oxygen atoms in total. The first-order valence-corrected chi connectivity index (χ1v) is 7.50. The maximum absolute atomic E-state index is 5.90. The number of hydrogen-bond acceptors (Lipinski definition) is 2. The molecule has 0 radical (unpaired) electrons. The Morgan fingerprint density at radius 2 is 2.31 bits per heavy atom. The van der Waals surface area contributed by atoms with Crippen molar-refractivity contribution in [1.29, 1.82) is 0 Å². The normalized spacial score (nSPS) is 32.4. The minimum atomic E-state index is 0.877. The van der Waals surface area contributed by atoms with Crippen LogP contribution in [-0.2, 0) is 6.54 Å². The predicted molar refractivity (Wildman–Crippen MR) is 70.0 cm³/mol. The van der Waals surface area contributed by atoms with Gasteiger partial charge in [0, 0.05) is 16.8 Å². The van der Waals surface area contributed by atoms with Gasteiger partial charge in [-0.15, -0.1) is 11.3 Å². The maximum Gasteiger partial charge on any atom is 0.0516 e. The molecule has 3 atom stereocenters. The third kappa shape index (κ3) is 2.29. The van der Waals surface area contributed by atoms with Crippen LogP contribution in [0.4, 0.5) is 0 Å². The SMILES string of the molecule is Clc1csc(CNCC2CC3CCC2C3)c1. The van der Waals surface area contributed by atoms with E-state index in [1.165, 1.54) is 37.1 Å². The Bertz CT molecular complexity index is 363. The maximum atomic E-state index is 5.90. The third-order valence-electron chi connectivity index (χ3n) is 4.21. The molecule has 1 aromatic rings. The third-order valence-corrected chi connectivity index (χ3v) is 5.50. The Morgan fingerprint density at radius 1 is 1.38 bits per heavy atom. The highest BCUT2D eigenvalue weighted by molar-refractivity contribution is 7.10. The average molecular weight is 256 g/mol. The summed E-state index contributed by atoms with van der Waals surface area (Å²) in [6, 6.07) is 2.07. The van der Waals surface area contributed by atoms with Crippen LogP contribution in [-0.4, -0.2) is 6.54 Å². The fourth-order valence-electron chi connectivity index (χ4n) is 3.45. The van der Waals surface area contributed by atoms with Crippen LogP contribution in [0.15, 0.2) is 11.4 Å². The highest BCUT2D eigenvalue weighted by Gasteiger charge is 2.38. The number of nitrogens with one attached hydrogen (secondary N) is 1. The summed E-state index contributed by atoms with van der Waals surface area (Å²) in [4.78, 5) is 1.35. The van der Waals surface area contributed by atoms with E-state index in [0.29, 0.717) is 0 Å². The van der Waals surface area contributed by atoms with Crippen LogP contribution in [0.1, 0.15) is 30.6 Å². The fourth-order valence-corrected chi connectivity index (χ4v) is 4.50.